The number of hydrogen-bond donors (Lipinski definition) is 1. The van der Waals surface area contributed by atoms with Crippen LogP contribution in [0.2, 0.25) is 0 Å². The molecule has 0 atom stereocenters. The summed E-state index contributed by atoms with van der Waals surface area (Å²) in [6, 6.07) is 2.02. The number of nitrogens with zero attached hydrogens (tertiary/aromatic N) is 1. The van der Waals surface area contributed by atoms with Gasteiger partial charge in [-0.15, -0.1) is 11.3 Å². The van der Waals surface area contributed by atoms with E-state index in [1.54, 1.807) is 11.3 Å². The molecule has 1 aliphatic carbocycles. The number of thiazole rings is 1. The average molecular weight is 322 g/mol. The van der Waals surface area contributed by atoms with E-state index in [0.717, 1.165) is 29.5 Å². The van der Waals surface area contributed by atoms with E-state index in [1.807, 2.05) is 22.2 Å². The zero-order valence-corrected chi connectivity index (χ0v) is 13.3. The van der Waals surface area contributed by atoms with Crippen LogP contribution in [-0.4, -0.2) is 30.6 Å². The van der Waals surface area contributed by atoms with Crippen molar-refractivity contribution < 1.29 is 9.53 Å². The normalized spacial score (nSPS) is 14.3. The molecule has 0 saturated heterocycles. The van der Waals surface area contributed by atoms with E-state index in [0.29, 0.717) is 18.8 Å². The van der Waals surface area contributed by atoms with Gasteiger partial charge in [-0.1, -0.05) is 0 Å². The molecule has 6 heteroatoms. The van der Waals surface area contributed by atoms with E-state index in [1.165, 1.54) is 24.2 Å². The zero-order chi connectivity index (χ0) is 14.5. The maximum atomic E-state index is 12.0. The van der Waals surface area contributed by atoms with E-state index < -0.39 is 0 Å². The minimum absolute atomic E-state index is 0.102. The van der Waals surface area contributed by atoms with Crippen molar-refractivity contribution in [1.29, 1.82) is 0 Å². The fourth-order valence-corrected chi connectivity index (χ4v) is 3.41. The van der Waals surface area contributed by atoms with Gasteiger partial charge in [0, 0.05) is 36.1 Å². The van der Waals surface area contributed by atoms with E-state index >= 15 is 0 Å². The molecule has 2 aromatic rings. The lowest BCUT2D eigenvalue weighted by Crippen LogP contribution is -2.25. The van der Waals surface area contributed by atoms with Crippen LogP contribution in [0.3, 0.4) is 0 Å². The summed E-state index contributed by atoms with van der Waals surface area (Å²) in [5, 5.41) is 9.65. The van der Waals surface area contributed by atoms with Crippen LogP contribution in [0.4, 0.5) is 0 Å². The molecule has 1 aliphatic rings. The third-order valence-corrected chi connectivity index (χ3v) is 4.88. The molecule has 21 heavy (non-hydrogen) atoms. The van der Waals surface area contributed by atoms with Crippen molar-refractivity contribution in [3.8, 4) is 10.6 Å². The molecule has 1 saturated carbocycles. The zero-order valence-electron chi connectivity index (χ0n) is 11.7. The molecule has 0 radical (unpaired) electrons. The molecular formula is C15H18N2O2S2. The van der Waals surface area contributed by atoms with Gasteiger partial charge in [-0.3, -0.25) is 4.79 Å². The second kappa shape index (κ2) is 7.15. The van der Waals surface area contributed by atoms with Gasteiger partial charge in [-0.25, -0.2) is 4.98 Å². The first-order valence-electron chi connectivity index (χ1n) is 7.17. The third-order valence-electron chi connectivity index (χ3n) is 3.31. The number of carbonyl (C=O) groups is 1. The van der Waals surface area contributed by atoms with Gasteiger partial charge in [0.05, 0.1) is 0 Å². The number of hydrogen-bond acceptors (Lipinski definition) is 5. The lowest BCUT2D eigenvalue weighted by molar-refractivity contribution is 0.0933. The predicted octanol–water partition coefficient (Wildman–Crippen LogP) is 3.42. The van der Waals surface area contributed by atoms with Crippen molar-refractivity contribution in [3.05, 3.63) is 27.9 Å². The molecule has 1 amide bonds. The molecule has 0 spiro atoms. The Kier molecular flexibility index (Phi) is 5.00. The van der Waals surface area contributed by atoms with Gasteiger partial charge in [0.2, 0.25) is 0 Å². The highest BCUT2D eigenvalue weighted by Gasteiger charge is 2.20. The smallest absolute Gasteiger partial charge is 0.270 e. The number of nitrogens with one attached hydrogen (secondary N) is 1. The first kappa shape index (κ1) is 14.7. The Morgan fingerprint density at radius 3 is 3.10 bits per heavy atom. The van der Waals surface area contributed by atoms with Crippen LogP contribution in [0.15, 0.2) is 22.2 Å². The summed E-state index contributed by atoms with van der Waals surface area (Å²) in [4.78, 5) is 16.4. The Morgan fingerprint density at radius 1 is 1.43 bits per heavy atom. The largest absolute Gasteiger partial charge is 0.381 e. The summed E-state index contributed by atoms with van der Waals surface area (Å²) in [7, 11) is 0. The standard InChI is InChI=1S/C15H18N2O2S2/c18-14(16-5-1-6-19-8-11-2-3-11)13-10-21-15(17-13)12-4-7-20-9-12/h4,7,9-11H,1-3,5-6,8H2,(H,16,18). The van der Waals surface area contributed by atoms with Gasteiger partial charge in [0.1, 0.15) is 10.7 Å². The predicted molar refractivity (Wildman–Crippen MR) is 85.9 cm³/mol. The quantitative estimate of drug-likeness (QED) is 0.758. The molecule has 2 aromatic heterocycles. The lowest BCUT2D eigenvalue weighted by atomic mass is 10.3. The van der Waals surface area contributed by atoms with Gasteiger partial charge >= 0.3 is 0 Å². The second-order valence-corrected chi connectivity index (χ2v) is 6.82. The van der Waals surface area contributed by atoms with Gasteiger partial charge < -0.3 is 10.1 Å². The number of rotatable bonds is 8. The summed E-state index contributed by atoms with van der Waals surface area (Å²) >= 11 is 3.14. The van der Waals surface area contributed by atoms with Gasteiger partial charge in [-0.05, 0) is 36.6 Å². The maximum Gasteiger partial charge on any atom is 0.270 e. The summed E-state index contributed by atoms with van der Waals surface area (Å²) in [6.07, 6.45) is 3.47. The molecule has 3 rings (SSSR count). The van der Waals surface area contributed by atoms with Crippen LogP contribution in [0, 0.1) is 5.92 Å². The Balaban J connectivity index is 1.38. The lowest BCUT2D eigenvalue weighted by Gasteiger charge is -2.04. The minimum Gasteiger partial charge on any atom is -0.381 e. The summed E-state index contributed by atoms with van der Waals surface area (Å²) in [5.74, 6) is 0.694. The van der Waals surface area contributed by atoms with Crippen LogP contribution < -0.4 is 5.32 Å². The topological polar surface area (TPSA) is 51.2 Å². The SMILES string of the molecule is O=C(NCCCOCC1CC1)c1csc(-c2ccsc2)n1. The highest BCUT2D eigenvalue weighted by atomic mass is 32.1. The fourth-order valence-electron chi connectivity index (χ4n) is 1.90. The number of amides is 1. The number of aromatic nitrogens is 1. The molecule has 2 heterocycles. The molecule has 0 unspecified atom stereocenters. The van der Waals surface area contributed by atoms with Gasteiger partial charge in [0.15, 0.2) is 0 Å². The van der Waals surface area contributed by atoms with Crippen molar-refractivity contribution in [2.75, 3.05) is 19.8 Å². The van der Waals surface area contributed by atoms with E-state index in [-0.39, 0.29) is 5.91 Å². The summed E-state index contributed by atoms with van der Waals surface area (Å²) < 4.78 is 5.53. The molecule has 1 fully saturated rings. The molecular weight excluding hydrogens is 304 g/mol. The van der Waals surface area contributed by atoms with Gasteiger partial charge in [-0.2, -0.15) is 11.3 Å². The second-order valence-electron chi connectivity index (χ2n) is 5.18. The molecule has 0 aliphatic heterocycles. The molecule has 1 N–H and O–H groups in total. The van der Waals surface area contributed by atoms with Crippen molar-refractivity contribution in [2.45, 2.75) is 19.3 Å². The van der Waals surface area contributed by atoms with Crippen LogP contribution in [0.1, 0.15) is 29.8 Å². The first-order valence-corrected chi connectivity index (χ1v) is 8.99. The highest BCUT2D eigenvalue weighted by molar-refractivity contribution is 7.14. The van der Waals surface area contributed by atoms with Crippen molar-refractivity contribution in [1.82, 2.24) is 10.3 Å². The average Bonchev–Trinajstić information content (AvgIpc) is 2.96. The highest BCUT2D eigenvalue weighted by Crippen LogP contribution is 2.28. The Hall–Kier alpha value is -1.24. The number of thiophene rings is 1. The Bertz CT molecular complexity index is 576. The minimum atomic E-state index is -0.102. The van der Waals surface area contributed by atoms with E-state index in [2.05, 4.69) is 10.3 Å². The Morgan fingerprint density at radius 2 is 2.33 bits per heavy atom. The van der Waals surface area contributed by atoms with E-state index in [4.69, 9.17) is 4.74 Å². The third kappa shape index (κ3) is 4.36. The van der Waals surface area contributed by atoms with Crippen molar-refractivity contribution >= 4 is 28.6 Å². The Labute approximate surface area is 132 Å². The summed E-state index contributed by atoms with van der Waals surface area (Å²) in [6.45, 7) is 2.23. The van der Waals surface area contributed by atoms with Crippen molar-refractivity contribution in [2.24, 2.45) is 5.92 Å². The van der Waals surface area contributed by atoms with Gasteiger partial charge in [0.25, 0.3) is 5.91 Å². The monoisotopic (exact) mass is 322 g/mol. The summed E-state index contributed by atoms with van der Waals surface area (Å²) in [5.41, 5.74) is 1.58. The van der Waals surface area contributed by atoms with Crippen LogP contribution >= 0.6 is 22.7 Å². The molecule has 4 nitrogen and oxygen atoms in total. The fraction of sp³-hybridized carbons (Fsp3) is 0.467. The molecule has 0 bridgehead atoms. The van der Waals surface area contributed by atoms with Crippen molar-refractivity contribution in [3.63, 3.8) is 0 Å². The first-order chi connectivity index (χ1) is 10.3. The van der Waals surface area contributed by atoms with Crippen LogP contribution in [0.25, 0.3) is 10.6 Å². The van der Waals surface area contributed by atoms with Crippen LogP contribution in [0.5, 0.6) is 0 Å². The number of ether oxygens (including phenoxy) is 1. The maximum absolute atomic E-state index is 12.0. The molecule has 0 aromatic carbocycles. The van der Waals surface area contributed by atoms with E-state index in [9.17, 15) is 4.79 Å². The number of carbonyl (C=O) groups excluding carboxylic acids is 1. The molecule has 112 valence electrons. The van der Waals surface area contributed by atoms with Crippen LogP contribution in [-0.2, 0) is 4.74 Å².